The molecular formula is C21H24ClN3O2S. The van der Waals surface area contributed by atoms with E-state index in [2.05, 4.69) is 16.8 Å². The molecule has 1 saturated heterocycles. The highest BCUT2D eigenvalue weighted by atomic mass is 35.5. The molecule has 0 bridgehead atoms. The molecular weight excluding hydrogens is 394 g/mol. The van der Waals surface area contributed by atoms with Gasteiger partial charge in [-0.05, 0) is 43.3 Å². The summed E-state index contributed by atoms with van der Waals surface area (Å²) in [5.41, 5.74) is 2.55. The maximum absolute atomic E-state index is 13.4. The Bertz CT molecular complexity index is 1120. The zero-order valence-electron chi connectivity index (χ0n) is 16.1. The SMILES string of the molecule is Cc1cn(S(=O)(=O)c2cc(CN3CCN(C)CC3)ccc2Cl)c2ccccc12. The van der Waals surface area contributed by atoms with E-state index in [0.29, 0.717) is 5.52 Å². The number of rotatable bonds is 4. The predicted octanol–water partition coefficient (Wildman–Crippen LogP) is 3.59. The Kier molecular flexibility index (Phi) is 5.22. The minimum atomic E-state index is -3.79. The quantitative estimate of drug-likeness (QED) is 0.650. The van der Waals surface area contributed by atoms with Gasteiger partial charge in [0, 0.05) is 44.3 Å². The van der Waals surface area contributed by atoms with E-state index in [-0.39, 0.29) is 9.92 Å². The highest BCUT2D eigenvalue weighted by Gasteiger charge is 2.24. The fraction of sp³-hybridized carbons (Fsp3) is 0.333. The maximum atomic E-state index is 13.4. The first-order valence-electron chi connectivity index (χ1n) is 9.38. The van der Waals surface area contributed by atoms with Gasteiger partial charge in [0.15, 0.2) is 0 Å². The summed E-state index contributed by atoms with van der Waals surface area (Å²) in [6.07, 6.45) is 1.67. The third-order valence-corrected chi connectivity index (χ3v) is 7.57. The Labute approximate surface area is 171 Å². The average molecular weight is 418 g/mol. The normalized spacial score (nSPS) is 16.7. The molecule has 28 heavy (non-hydrogen) atoms. The van der Waals surface area contributed by atoms with Crippen LogP contribution in [0.1, 0.15) is 11.1 Å². The van der Waals surface area contributed by atoms with Crippen molar-refractivity contribution in [2.75, 3.05) is 33.2 Å². The van der Waals surface area contributed by atoms with E-state index >= 15 is 0 Å². The van der Waals surface area contributed by atoms with Crippen molar-refractivity contribution < 1.29 is 8.42 Å². The van der Waals surface area contributed by atoms with Crippen molar-refractivity contribution >= 4 is 32.5 Å². The van der Waals surface area contributed by atoms with Crippen molar-refractivity contribution in [1.82, 2.24) is 13.8 Å². The van der Waals surface area contributed by atoms with Crippen molar-refractivity contribution in [3.63, 3.8) is 0 Å². The molecule has 0 spiro atoms. The second-order valence-corrected chi connectivity index (χ2v) is 9.66. The first-order chi connectivity index (χ1) is 13.4. The lowest BCUT2D eigenvalue weighted by Gasteiger charge is -2.32. The average Bonchev–Trinajstić information content (AvgIpc) is 3.03. The lowest BCUT2D eigenvalue weighted by Crippen LogP contribution is -2.43. The van der Waals surface area contributed by atoms with Crippen molar-refractivity contribution in [1.29, 1.82) is 0 Å². The number of halogens is 1. The third-order valence-electron chi connectivity index (χ3n) is 5.41. The number of hydrogen-bond donors (Lipinski definition) is 0. The molecule has 0 unspecified atom stereocenters. The molecule has 1 aromatic heterocycles. The van der Waals surface area contributed by atoms with Gasteiger partial charge >= 0.3 is 0 Å². The first kappa shape index (κ1) is 19.5. The van der Waals surface area contributed by atoms with Crippen LogP contribution in [0.15, 0.2) is 53.6 Å². The predicted molar refractivity (Wildman–Crippen MR) is 113 cm³/mol. The van der Waals surface area contributed by atoms with Crippen LogP contribution in [0.25, 0.3) is 10.9 Å². The zero-order valence-corrected chi connectivity index (χ0v) is 17.7. The smallest absolute Gasteiger partial charge is 0.269 e. The Morgan fingerprint density at radius 2 is 1.75 bits per heavy atom. The minimum absolute atomic E-state index is 0.154. The molecule has 7 heteroatoms. The van der Waals surface area contributed by atoms with Gasteiger partial charge in [0.2, 0.25) is 0 Å². The zero-order chi connectivity index (χ0) is 19.9. The minimum Gasteiger partial charge on any atom is -0.304 e. The molecule has 0 amide bonds. The number of aromatic nitrogens is 1. The molecule has 2 heterocycles. The summed E-state index contributed by atoms with van der Waals surface area (Å²) in [5.74, 6) is 0. The molecule has 0 N–H and O–H groups in total. The van der Waals surface area contributed by atoms with Gasteiger partial charge in [0.05, 0.1) is 10.5 Å². The number of nitrogens with zero attached hydrogens (tertiary/aromatic N) is 3. The molecule has 1 aliphatic heterocycles. The van der Waals surface area contributed by atoms with E-state index in [1.54, 1.807) is 18.3 Å². The van der Waals surface area contributed by atoms with Gasteiger partial charge in [-0.1, -0.05) is 35.9 Å². The van der Waals surface area contributed by atoms with E-state index in [1.807, 2.05) is 37.3 Å². The standard InChI is InChI=1S/C21H24ClN3O2S/c1-16-14-25(20-6-4-3-5-18(16)20)28(26,27)21-13-17(7-8-19(21)22)15-24-11-9-23(2)10-12-24/h3-8,13-14H,9-12,15H2,1-2H3. The number of hydrogen-bond acceptors (Lipinski definition) is 4. The highest BCUT2D eigenvalue weighted by Crippen LogP contribution is 2.30. The van der Waals surface area contributed by atoms with Gasteiger partial charge in [0.1, 0.15) is 4.90 Å². The summed E-state index contributed by atoms with van der Waals surface area (Å²) in [4.78, 5) is 4.80. The van der Waals surface area contributed by atoms with Gasteiger partial charge in [-0.25, -0.2) is 12.4 Å². The van der Waals surface area contributed by atoms with Crippen LogP contribution < -0.4 is 0 Å². The number of para-hydroxylation sites is 1. The topological polar surface area (TPSA) is 45.6 Å². The largest absolute Gasteiger partial charge is 0.304 e. The second-order valence-electron chi connectivity index (χ2n) is 7.47. The number of piperazine rings is 1. The van der Waals surface area contributed by atoms with E-state index < -0.39 is 10.0 Å². The van der Waals surface area contributed by atoms with Crippen LogP contribution in [-0.4, -0.2) is 55.4 Å². The summed E-state index contributed by atoms with van der Waals surface area (Å²) >= 11 is 6.34. The lowest BCUT2D eigenvalue weighted by molar-refractivity contribution is 0.148. The number of fused-ring (bicyclic) bond motifs is 1. The van der Waals surface area contributed by atoms with Gasteiger partial charge in [-0.3, -0.25) is 4.90 Å². The van der Waals surface area contributed by atoms with Gasteiger partial charge in [0.25, 0.3) is 10.0 Å². The molecule has 5 nitrogen and oxygen atoms in total. The highest BCUT2D eigenvalue weighted by molar-refractivity contribution is 7.90. The Hall–Kier alpha value is -1.86. The molecule has 1 aliphatic rings. The summed E-state index contributed by atoms with van der Waals surface area (Å²) < 4.78 is 28.2. The van der Waals surface area contributed by atoms with Crippen molar-refractivity contribution in [2.45, 2.75) is 18.4 Å². The molecule has 0 aliphatic carbocycles. The van der Waals surface area contributed by atoms with Crippen LogP contribution in [0.2, 0.25) is 5.02 Å². The molecule has 0 saturated carbocycles. The van der Waals surface area contributed by atoms with Crippen LogP contribution in [-0.2, 0) is 16.6 Å². The third kappa shape index (κ3) is 3.57. The Morgan fingerprint density at radius 3 is 2.50 bits per heavy atom. The number of aryl methyl sites for hydroxylation is 1. The Morgan fingerprint density at radius 1 is 1.04 bits per heavy atom. The second kappa shape index (κ2) is 7.52. The van der Waals surface area contributed by atoms with Crippen LogP contribution in [0.3, 0.4) is 0 Å². The Balaban J connectivity index is 1.71. The van der Waals surface area contributed by atoms with Crippen molar-refractivity contribution in [3.8, 4) is 0 Å². The summed E-state index contributed by atoms with van der Waals surface area (Å²) in [6, 6.07) is 12.8. The lowest BCUT2D eigenvalue weighted by atomic mass is 10.2. The molecule has 4 rings (SSSR count). The molecule has 148 valence electrons. The summed E-state index contributed by atoms with van der Waals surface area (Å²) in [5, 5.41) is 1.17. The molecule has 0 radical (unpaired) electrons. The van der Waals surface area contributed by atoms with Crippen LogP contribution in [0.4, 0.5) is 0 Å². The molecule has 2 aromatic carbocycles. The van der Waals surface area contributed by atoms with E-state index in [0.717, 1.165) is 49.2 Å². The fourth-order valence-corrected chi connectivity index (χ4v) is 5.68. The molecule has 0 atom stereocenters. The van der Waals surface area contributed by atoms with Crippen LogP contribution >= 0.6 is 11.6 Å². The monoisotopic (exact) mass is 417 g/mol. The molecule has 3 aromatic rings. The summed E-state index contributed by atoms with van der Waals surface area (Å²) in [7, 11) is -1.67. The van der Waals surface area contributed by atoms with E-state index in [9.17, 15) is 8.42 Å². The van der Waals surface area contributed by atoms with Gasteiger partial charge < -0.3 is 4.90 Å². The van der Waals surface area contributed by atoms with Crippen LogP contribution in [0, 0.1) is 6.92 Å². The van der Waals surface area contributed by atoms with Crippen LogP contribution in [0.5, 0.6) is 0 Å². The maximum Gasteiger partial charge on any atom is 0.269 e. The summed E-state index contributed by atoms with van der Waals surface area (Å²) in [6.45, 7) is 6.63. The van der Waals surface area contributed by atoms with Gasteiger partial charge in [-0.15, -0.1) is 0 Å². The molecule has 1 fully saturated rings. The van der Waals surface area contributed by atoms with Crippen molar-refractivity contribution in [3.05, 3.63) is 64.8 Å². The number of likely N-dealkylation sites (N-methyl/N-ethyl adjacent to an activating group) is 1. The van der Waals surface area contributed by atoms with Gasteiger partial charge in [-0.2, -0.15) is 0 Å². The van der Waals surface area contributed by atoms with E-state index in [4.69, 9.17) is 11.6 Å². The first-order valence-corrected chi connectivity index (χ1v) is 11.2. The fourth-order valence-electron chi connectivity index (χ4n) is 3.73. The number of benzene rings is 2. The van der Waals surface area contributed by atoms with Crippen molar-refractivity contribution in [2.24, 2.45) is 0 Å². The van der Waals surface area contributed by atoms with E-state index in [1.165, 1.54) is 3.97 Å².